The minimum Gasteiger partial charge on any atom is -0.324 e. The Morgan fingerprint density at radius 3 is 2.70 bits per heavy atom. The zero-order valence-electron chi connectivity index (χ0n) is 12.9. The maximum absolute atomic E-state index is 12.2. The molecular weight excluding hydrogens is 248 g/mol. The number of rotatable bonds is 3. The van der Waals surface area contributed by atoms with Crippen molar-refractivity contribution in [1.82, 2.24) is 4.90 Å². The van der Waals surface area contributed by atoms with Crippen molar-refractivity contribution in [3.63, 3.8) is 0 Å². The summed E-state index contributed by atoms with van der Waals surface area (Å²) in [6, 6.07) is 8.28. The van der Waals surface area contributed by atoms with Crippen molar-refractivity contribution in [3.05, 3.63) is 29.8 Å². The highest BCUT2D eigenvalue weighted by Gasteiger charge is 2.20. The summed E-state index contributed by atoms with van der Waals surface area (Å²) in [6.45, 7) is 8.37. The van der Waals surface area contributed by atoms with Gasteiger partial charge in [-0.2, -0.15) is 0 Å². The van der Waals surface area contributed by atoms with Crippen molar-refractivity contribution in [2.75, 3.05) is 18.4 Å². The topological polar surface area (TPSA) is 32.3 Å². The smallest absolute Gasteiger partial charge is 0.321 e. The van der Waals surface area contributed by atoms with Gasteiger partial charge in [-0.05, 0) is 48.8 Å². The van der Waals surface area contributed by atoms with Crippen LogP contribution in [-0.2, 0) is 0 Å². The van der Waals surface area contributed by atoms with Crippen LogP contribution >= 0.6 is 0 Å². The van der Waals surface area contributed by atoms with Crippen LogP contribution < -0.4 is 5.32 Å². The fourth-order valence-corrected chi connectivity index (χ4v) is 2.71. The molecule has 1 heterocycles. The number of piperidine rings is 1. The molecule has 0 saturated carbocycles. The molecule has 1 saturated heterocycles. The minimum absolute atomic E-state index is 0.0350. The van der Waals surface area contributed by atoms with Gasteiger partial charge in [0.2, 0.25) is 0 Å². The lowest BCUT2D eigenvalue weighted by molar-refractivity contribution is 0.182. The number of amides is 2. The molecule has 0 radical (unpaired) electrons. The van der Waals surface area contributed by atoms with E-state index in [1.165, 1.54) is 12.0 Å². The summed E-state index contributed by atoms with van der Waals surface area (Å²) in [5, 5.41) is 3.00. The largest absolute Gasteiger partial charge is 0.324 e. The molecule has 2 rings (SSSR count). The van der Waals surface area contributed by atoms with Crippen molar-refractivity contribution in [3.8, 4) is 0 Å². The van der Waals surface area contributed by atoms with Crippen LogP contribution in [0.2, 0.25) is 0 Å². The Morgan fingerprint density at radius 2 is 2.10 bits per heavy atom. The third-order valence-corrected chi connectivity index (χ3v) is 4.29. The van der Waals surface area contributed by atoms with Crippen LogP contribution in [0.5, 0.6) is 0 Å². The van der Waals surface area contributed by atoms with Crippen molar-refractivity contribution in [2.24, 2.45) is 5.92 Å². The molecule has 0 aliphatic carbocycles. The van der Waals surface area contributed by atoms with Crippen LogP contribution in [0, 0.1) is 5.92 Å². The summed E-state index contributed by atoms with van der Waals surface area (Å²) in [5.74, 6) is 1.19. The Morgan fingerprint density at radius 1 is 1.40 bits per heavy atom. The zero-order chi connectivity index (χ0) is 14.5. The summed E-state index contributed by atoms with van der Waals surface area (Å²) in [5.41, 5.74) is 2.22. The van der Waals surface area contributed by atoms with E-state index >= 15 is 0 Å². The third-order valence-electron chi connectivity index (χ3n) is 4.29. The summed E-state index contributed by atoms with van der Waals surface area (Å²) < 4.78 is 0. The SMILES string of the molecule is CC[C@H](C)c1ccc(NC(=O)N2CCC[C@@H](C)C2)cc1. The van der Waals surface area contributed by atoms with Gasteiger partial charge in [0, 0.05) is 18.8 Å². The number of anilines is 1. The fourth-order valence-electron chi connectivity index (χ4n) is 2.71. The molecule has 0 unspecified atom stereocenters. The van der Waals surface area contributed by atoms with Gasteiger partial charge in [0.25, 0.3) is 0 Å². The van der Waals surface area contributed by atoms with Crippen molar-refractivity contribution in [2.45, 2.75) is 46.0 Å². The molecule has 1 aromatic carbocycles. The summed E-state index contributed by atoms with van der Waals surface area (Å²) >= 11 is 0. The highest BCUT2D eigenvalue weighted by atomic mass is 16.2. The quantitative estimate of drug-likeness (QED) is 0.867. The number of likely N-dealkylation sites (tertiary alicyclic amines) is 1. The molecule has 0 aromatic heterocycles. The highest BCUT2D eigenvalue weighted by molar-refractivity contribution is 5.89. The van der Waals surface area contributed by atoms with Crippen molar-refractivity contribution < 1.29 is 4.79 Å². The van der Waals surface area contributed by atoms with Gasteiger partial charge in [0.05, 0.1) is 0 Å². The maximum atomic E-state index is 12.2. The van der Waals surface area contributed by atoms with E-state index in [2.05, 4.69) is 38.2 Å². The zero-order valence-corrected chi connectivity index (χ0v) is 12.9. The molecule has 2 amide bonds. The Labute approximate surface area is 122 Å². The molecule has 3 nitrogen and oxygen atoms in total. The molecule has 1 aliphatic heterocycles. The van der Waals surface area contributed by atoms with Gasteiger partial charge in [-0.3, -0.25) is 0 Å². The number of hydrogen-bond acceptors (Lipinski definition) is 1. The second kappa shape index (κ2) is 6.78. The van der Waals surface area contributed by atoms with Crippen LogP contribution in [0.1, 0.15) is 51.5 Å². The standard InChI is InChI=1S/C17H26N2O/c1-4-14(3)15-7-9-16(10-8-15)18-17(20)19-11-5-6-13(2)12-19/h7-10,13-14H,4-6,11-12H2,1-3H3,(H,18,20)/t13-,14+/m1/s1. The van der Waals surface area contributed by atoms with E-state index in [1.54, 1.807) is 0 Å². The summed E-state index contributed by atoms with van der Waals surface area (Å²) in [4.78, 5) is 14.1. The molecule has 110 valence electrons. The monoisotopic (exact) mass is 274 g/mol. The van der Waals surface area contributed by atoms with E-state index < -0.39 is 0 Å². The number of urea groups is 1. The summed E-state index contributed by atoms with van der Waals surface area (Å²) in [7, 11) is 0. The molecule has 20 heavy (non-hydrogen) atoms. The Bertz CT molecular complexity index is 441. The van der Waals surface area contributed by atoms with Gasteiger partial charge in [-0.15, -0.1) is 0 Å². The van der Waals surface area contributed by atoms with E-state index in [-0.39, 0.29) is 6.03 Å². The van der Waals surface area contributed by atoms with Gasteiger partial charge in [-0.1, -0.05) is 32.9 Å². The van der Waals surface area contributed by atoms with E-state index in [9.17, 15) is 4.79 Å². The highest BCUT2D eigenvalue weighted by Crippen LogP contribution is 2.21. The molecule has 0 bridgehead atoms. The molecule has 1 aromatic rings. The van der Waals surface area contributed by atoms with Crippen molar-refractivity contribution >= 4 is 11.7 Å². The molecule has 1 N–H and O–H groups in total. The lowest BCUT2D eigenvalue weighted by Crippen LogP contribution is -2.41. The van der Waals surface area contributed by atoms with E-state index in [0.29, 0.717) is 11.8 Å². The first-order chi connectivity index (χ1) is 9.60. The van der Waals surface area contributed by atoms with Gasteiger partial charge in [0.1, 0.15) is 0 Å². The lowest BCUT2D eigenvalue weighted by atomic mass is 9.98. The molecular formula is C17H26N2O. The number of hydrogen-bond donors (Lipinski definition) is 1. The van der Waals surface area contributed by atoms with E-state index in [4.69, 9.17) is 0 Å². The average molecular weight is 274 g/mol. The first kappa shape index (κ1) is 14.9. The second-order valence-electron chi connectivity index (χ2n) is 6.05. The van der Waals surface area contributed by atoms with Crippen LogP contribution in [0.25, 0.3) is 0 Å². The molecule has 2 atom stereocenters. The molecule has 3 heteroatoms. The normalized spacial score (nSPS) is 20.6. The second-order valence-corrected chi connectivity index (χ2v) is 6.05. The fraction of sp³-hybridized carbons (Fsp3) is 0.588. The Balaban J connectivity index is 1.94. The van der Waals surface area contributed by atoms with Crippen LogP contribution in [0.15, 0.2) is 24.3 Å². The predicted octanol–water partition coefficient (Wildman–Crippen LogP) is 4.46. The molecule has 1 fully saturated rings. The van der Waals surface area contributed by atoms with Gasteiger partial charge in [-0.25, -0.2) is 4.79 Å². The minimum atomic E-state index is 0.0350. The third kappa shape index (κ3) is 3.75. The Hall–Kier alpha value is -1.51. The van der Waals surface area contributed by atoms with Gasteiger partial charge < -0.3 is 10.2 Å². The van der Waals surface area contributed by atoms with E-state index in [1.807, 2.05) is 17.0 Å². The number of nitrogens with zero attached hydrogens (tertiary/aromatic N) is 1. The number of nitrogens with one attached hydrogen (secondary N) is 1. The van der Waals surface area contributed by atoms with Crippen LogP contribution in [0.3, 0.4) is 0 Å². The predicted molar refractivity (Wildman–Crippen MR) is 84.1 cm³/mol. The van der Waals surface area contributed by atoms with Crippen LogP contribution in [-0.4, -0.2) is 24.0 Å². The lowest BCUT2D eigenvalue weighted by Gasteiger charge is -2.30. The first-order valence-corrected chi connectivity index (χ1v) is 7.76. The Kier molecular flexibility index (Phi) is 5.05. The number of carbonyl (C=O) groups excluding carboxylic acids is 1. The number of benzene rings is 1. The molecule has 0 spiro atoms. The number of carbonyl (C=O) groups is 1. The summed E-state index contributed by atoms with van der Waals surface area (Å²) in [6.07, 6.45) is 3.48. The van der Waals surface area contributed by atoms with Gasteiger partial charge >= 0.3 is 6.03 Å². The maximum Gasteiger partial charge on any atom is 0.321 e. The van der Waals surface area contributed by atoms with Gasteiger partial charge in [0.15, 0.2) is 0 Å². The first-order valence-electron chi connectivity index (χ1n) is 7.76. The van der Waals surface area contributed by atoms with E-state index in [0.717, 1.165) is 31.6 Å². The molecule has 1 aliphatic rings. The van der Waals surface area contributed by atoms with Crippen LogP contribution in [0.4, 0.5) is 10.5 Å². The van der Waals surface area contributed by atoms with Crippen molar-refractivity contribution in [1.29, 1.82) is 0 Å². The average Bonchev–Trinajstić information content (AvgIpc) is 2.47.